The molecule has 1 atom stereocenters. The van der Waals surface area contributed by atoms with Gasteiger partial charge in [-0.1, -0.05) is 38.1 Å². The molecule has 0 saturated carbocycles. The highest BCUT2D eigenvalue weighted by Gasteiger charge is 2.01. The van der Waals surface area contributed by atoms with Gasteiger partial charge in [-0.3, -0.25) is 0 Å². The molecule has 1 N–H and O–H groups in total. The van der Waals surface area contributed by atoms with Crippen molar-refractivity contribution in [3.05, 3.63) is 35.4 Å². The van der Waals surface area contributed by atoms with Crippen LogP contribution in [0.4, 0.5) is 0 Å². The largest absolute Gasteiger partial charge is 0.389 e. The Hall–Kier alpha value is -0.820. The van der Waals surface area contributed by atoms with Gasteiger partial charge in [0.05, 0.1) is 6.10 Å². The summed E-state index contributed by atoms with van der Waals surface area (Å²) in [5.41, 5.74) is 2.30. The highest BCUT2D eigenvalue weighted by Crippen LogP contribution is 2.17. The van der Waals surface area contributed by atoms with Crippen molar-refractivity contribution in [1.82, 2.24) is 0 Å². The SMILES string of the molecule is CC(C)c1ccc([C@H](C)O)cc1. The van der Waals surface area contributed by atoms with Gasteiger partial charge in [0.2, 0.25) is 0 Å². The van der Waals surface area contributed by atoms with Crippen LogP contribution in [0.3, 0.4) is 0 Å². The molecule has 0 aromatic heterocycles. The van der Waals surface area contributed by atoms with Crippen molar-refractivity contribution in [3.8, 4) is 0 Å². The van der Waals surface area contributed by atoms with E-state index < -0.39 is 0 Å². The molecule has 0 unspecified atom stereocenters. The molecular weight excluding hydrogens is 148 g/mol. The van der Waals surface area contributed by atoms with Gasteiger partial charge in [-0.2, -0.15) is 0 Å². The van der Waals surface area contributed by atoms with Crippen molar-refractivity contribution < 1.29 is 5.11 Å². The molecule has 0 heterocycles. The molecule has 0 saturated heterocycles. The molecule has 1 rings (SSSR count). The highest BCUT2D eigenvalue weighted by atomic mass is 16.3. The van der Waals surface area contributed by atoms with Crippen LogP contribution in [-0.4, -0.2) is 5.11 Å². The average Bonchev–Trinajstić information content (AvgIpc) is 2.04. The average molecular weight is 164 g/mol. The Bertz CT molecular complexity index is 207. The fourth-order valence-corrected chi connectivity index (χ4v) is 1.16. The lowest BCUT2D eigenvalue weighted by atomic mass is 10.0. The van der Waals surface area contributed by atoms with Crippen molar-refractivity contribution in [3.63, 3.8) is 0 Å². The van der Waals surface area contributed by atoms with E-state index in [9.17, 15) is 5.11 Å². The van der Waals surface area contributed by atoms with Crippen LogP contribution in [0.15, 0.2) is 24.3 Å². The van der Waals surface area contributed by atoms with Crippen LogP contribution in [-0.2, 0) is 0 Å². The van der Waals surface area contributed by atoms with E-state index in [4.69, 9.17) is 0 Å². The zero-order valence-corrected chi connectivity index (χ0v) is 7.91. The molecule has 0 aliphatic heterocycles. The summed E-state index contributed by atoms with van der Waals surface area (Å²) in [7, 11) is 0. The molecule has 12 heavy (non-hydrogen) atoms. The zero-order valence-electron chi connectivity index (χ0n) is 7.91. The Morgan fingerprint density at radius 2 is 1.33 bits per heavy atom. The fourth-order valence-electron chi connectivity index (χ4n) is 1.16. The molecule has 0 spiro atoms. The van der Waals surface area contributed by atoms with Gasteiger partial charge < -0.3 is 5.11 Å². The van der Waals surface area contributed by atoms with Crippen molar-refractivity contribution in [1.29, 1.82) is 0 Å². The molecule has 0 fully saturated rings. The van der Waals surface area contributed by atoms with Gasteiger partial charge in [-0.05, 0) is 24.0 Å². The van der Waals surface area contributed by atoms with E-state index in [-0.39, 0.29) is 6.10 Å². The van der Waals surface area contributed by atoms with Gasteiger partial charge in [-0.15, -0.1) is 0 Å². The topological polar surface area (TPSA) is 20.2 Å². The second-order valence-electron chi connectivity index (χ2n) is 3.50. The lowest BCUT2D eigenvalue weighted by molar-refractivity contribution is 0.199. The Labute approximate surface area is 74.1 Å². The second kappa shape index (κ2) is 3.72. The van der Waals surface area contributed by atoms with Crippen molar-refractivity contribution in [2.75, 3.05) is 0 Å². The van der Waals surface area contributed by atoms with Gasteiger partial charge in [-0.25, -0.2) is 0 Å². The van der Waals surface area contributed by atoms with E-state index in [0.717, 1.165) is 5.56 Å². The number of hydrogen-bond acceptors (Lipinski definition) is 1. The molecule has 0 bridgehead atoms. The summed E-state index contributed by atoms with van der Waals surface area (Å²) in [6.07, 6.45) is -0.355. The Morgan fingerprint density at radius 1 is 0.917 bits per heavy atom. The molecule has 1 aromatic carbocycles. The van der Waals surface area contributed by atoms with Gasteiger partial charge in [0, 0.05) is 0 Å². The van der Waals surface area contributed by atoms with Crippen LogP contribution in [0, 0.1) is 0 Å². The van der Waals surface area contributed by atoms with E-state index in [1.54, 1.807) is 6.92 Å². The number of hydrogen-bond donors (Lipinski definition) is 1. The van der Waals surface area contributed by atoms with E-state index in [0.29, 0.717) is 5.92 Å². The van der Waals surface area contributed by atoms with Crippen LogP contribution in [0.2, 0.25) is 0 Å². The summed E-state index contributed by atoms with van der Waals surface area (Å²) in [4.78, 5) is 0. The van der Waals surface area contributed by atoms with Gasteiger partial charge >= 0.3 is 0 Å². The molecule has 66 valence electrons. The summed E-state index contributed by atoms with van der Waals surface area (Å²) in [6.45, 7) is 6.11. The molecule has 0 amide bonds. The second-order valence-corrected chi connectivity index (χ2v) is 3.50. The number of benzene rings is 1. The summed E-state index contributed by atoms with van der Waals surface area (Å²) in [5, 5.41) is 9.25. The maximum absolute atomic E-state index is 9.25. The predicted molar refractivity (Wildman–Crippen MR) is 51.2 cm³/mol. The molecule has 0 aliphatic carbocycles. The maximum Gasteiger partial charge on any atom is 0.0761 e. The summed E-state index contributed by atoms with van der Waals surface area (Å²) in [6, 6.07) is 8.12. The van der Waals surface area contributed by atoms with Crippen LogP contribution in [0.1, 0.15) is 43.9 Å². The smallest absolute Gasteiger partial charge is 0.0761 e. The Morgan fingerprint density at radius 3 is 1.67 bits per heavy atom. The molecule has 1 heteroatoms. The zero-order chi connectivity index (χ0) is 9.14. The monoisotopic (exact) mass is 164 g/mol. The maximum atomic E-state index is 9.25. The van der Waals surface area contributed by atoms with Crippen LogP contribution < -0.4 is 0 Å². The standard InChI is InChI=1S/C11H16O/c1-8(2)10-4-6-11(7-5-10)9(3)12/h4-9,12H,1-3H3/t9-/m0/s1. The molecule has 0 aliphatic rings. The number of rotatable bonds is 2. The first kappa shape index (κ1) is 9.27. The van der Waals surface area contributed by atoms with E-state index in [1.807, 2.05) is 12.1 Å². The first-order chi connectivity index (χ1) is 5.61. The third-order valence-corrected chi connectivity index (χ3v) is 2.09. The first-order valence-corrected chi connectivity index (χ1v) is 4.39. The third kappa shape index (κ3) is 2.08. The lowest BCUT2D eigenvalue weighted by Crippen LogP contribution is -1.92. The summed E-state index contributed by atoms with van der Waals surface area (Å²) in [5.74, 6) is 0.563. The van der Waals surface area contributed by atoms with E-state index in [2.05, 4.69) is 26.0 Å². The van der Waals surface area contributed by atoms with Crippen LogP contribution >= 0.6 is 0 Å². The van der Waals surface area contributed by atoms with Crippen LogP contribution in [0.5, 0.6) is 0 Å². The number of aliphatic hydroxyl groups is 1. The minimum absolute atomic E-state index is 0.355. The first-order valence-electron chi connectivity index (χ1n) is 4.39. The predicted octanol–water partition coefficient (Wildman–Crippen LogP) is 2.86. The van der Waals surface area contributed by atoms with Gasteiger partial charge in [0.15, 0.2) is 0 Å². The van der Waals surface area contributed by atoms with Crippen molar-refractivity contribution in [2.45, 2.75) is 32.8 Å². The Kier molecular flexibility index (Phi) is 2.88. The molecular formula is C11H16O. The summed E-state index contributed by atoms with van der Waals surface area (Å²) < 4.78 is 0. The Balaban J connectivity index is 2.86. The fraction of sp³-hybridized carbons (Fsp3) is 0.455. The molecule has 1 nitrogen and oxygen atoms in total. The van der Waals surface area contributed by atoms with Gasteiger partial charge in [0.1, 0.15) is 0 Å². The van der Waals surface area contributed by atoms with E-state index >= 15 is 0 Å². The van der Waals surface area contributed by atoms with Gasteiger partial charge in [0.25, 0.3) is 0 Å². The highest BCUT2D eigenvalue weighted by molar-refractivity contribution is 5.25. The number of aliphatic hydroxyl groups excluding tert-OH is 1. The molecule has 1 aromatic rings. The minimum Gasteiger partial charge on any atom is -0.389 e. The van der Waals surface area contributed by atoms with Crippen LogP contribution in [0.25, 0.3) is 0 Å². The van der Waals surface area contributed by atoms with Crippen molar-refractivity contribution in [2.24, 2.45) is 0 Å². The third-order valence-electron chi connectivity index (χ3n) is 2.09. The quantitative estimate of drug-likeness (QED) is 0.712. The minimum atomic E-state index is -0.355. The molecule has 0 radical (unpaired) electrons. The van der Waals surface area contributed by atoms with E-state index in [1.165, 1.54) is 5.56 Å². The summed E-state index contributed by atoms with van der Waals surface area (Å²) >= 11 is 0. The normalized spacial score (nSPS) is 13.4. The lowest BCUT2D eigenvalue weighted by Gasteiger charge is -2.08. The van der Waals surface area contributed by atoms with Crippen molar-refractivity contribution >= 4 is 0 Å².